The lowest BCUT2D eigenvalue weighted by Crippen LogP contribution is -2.35. The first kappa shape index (κ1) is 19.5. The van der Waals surface area contributed by atoms with E-state index in [0.29, 0.717) is 5.75 Å². The highest BCUT2D eigenvalue weighted by Gasteiger charge is 2.38. The fourth-order valence-electron chi connectivity index (χ4n) is 2.30. The Kier molecular flexibility index (Phi) is 8.39. The van der Waals surface area contributed by atoms with Crippen molar-refractivity contribution in [1.82, 2.24) is 0 Å². The Morgan fingerprint density at radius 2 is 1.62 bits per heavy atom. The van der Waals surface area contributed by atoms with Gasteiger partial charge in [0.05, 0.1) is 33.2 Å². The molecule has 0 radical (unpaired) electrons. The zero-order chi connectivity index (χ0) is 17.9. The fourth-order valence-corrected chi connectivity index (χ4v) is 2.30. The lowest BCUT2D eigenvalue weighted by Gasteiger charge is -2.24. The van der Waals surface area contributed by atoms with Gasteiger partial charge in [-0.2, -0.15) is 0 Å². The van der Waals surface area contributed by atoms with Gasteiger partial charge >= 0.3 is 11.9 Å². The molecule has 132 valence electrons. The van der Waals surface area contributed by atoms with Crippen LogP contribution in [-0.2, 0) is 23.8 Å². The highest BCUT2D eigenvalue weighted by Crippen LogP contribution is 2.29. The van der Waals surface area contributed by atoms with Gasteiger partial charge in [0.25, 0.3) is 0 Å². The van der Waals surface area contributed by atoms with Gasteiger partial charge in [-0.15, -0.1) is 0 Å². The molecule has 0 saturated carbocycles. The summed E-state index contributed by atoms with van der Waals surface area (Å²) in [5.74, 6) is -2.27. The van der Waals surface area contributed by atoms with E-state index in [0.717, 1.165) is 5.56 Å². The van der Waals surface area contributed by atoms with Crippen molar-refractivity contribution < 1.29 is 28.5 Å². The van der Waals surface area contributed by atoms with E-state index in [2.05, 4.69) is 6.58 Å². The summed E-state index contributed by atoms with van der Waals surface area (Å²) in [5, 5.41) is 0. The maximum atomic E-state index is 12.3. The van der Waals surface area contributed by atoms with Crippen LogP contribution in [0.3, 0.4) is 0 Å². The molecular formula is C18H24O6. The lowest BCUT2D eigenvalue weighted by molar-refractivity contribution is -0.163. The van der Waals surface area contributed by atoms with Crippen molar-refractivity contribution in [3.63, 3.8) is 0 Å². The third kappa shape index (κ3) is 5.30. The highest BCUT2D eigenvalue weighted by molar-refractivity contribution is 5.96. The van der Waals surface area contributed by atoms with Crippen LogP contribution in [0.1, 0.15) is 25.3 Å². The minimum atomic E-state index is -1.11. The SMILES string of the molecule is C=COCC(c1ccc(OC)cc1)C(C(=O)OCC)C(=O)OCC. The smallest absolute Gasteiger partial charge is 0.321 e. The molecule has 0 saturated heterocycles. The van der Waals surface area contributed by atoms with Crippen molar-refractivity contribution in [3.8, 4) is 5.75 Å². The monoisotopic (exact) mass is 336 g/mol. The zero-order valence-corrected chi connectivity index (χ0v) is 14.3. The fraction of sp³-hybridized carbons (Fsp3) is 0.444. The number of benzene rings is 1. The topological polar surface area (TPSA) is 71.1 Å². The van der Waals surface area contributed by atoms with E-state index in [1.165, 1.54) is 6.26 Å². The number of esters is 2. The molecule has 6 nitrogen and oxygen atoms in total. The van der Waals surface area contributed by atoms with Gasteiger partial charge in [-0.05, 0) is 31.5 Å². The largest absolute Gasteiger partial charge is 0.501 e. The third-order valence-corrected chi connectivity index (χ3v) is 3.42. The number of hydrogen-bond acceptors (Lipinski definition) is 6. The number of hydrogen-bond donors (Lipinski definition) is 0. The molecule has 1 unspecified atom stereocenters. The van der Waals surface area contributed by atoms with Gasteiger partial charge in [0.15, 0.2) is 5.92 Å². The van der Waals surface area contributed by atoms with Gasteiger partial charge in [0.1, 0.15) is 5.75 Å². The molecule has 0 aliphatic rings. The van der Waals surface area contributed by atoms with Crippen LogP contribution in [0.2, 0.25) is 0 Å². The highest BCUT2D eigenvalue weighted by atomic mass is 16.6. The summed E-state index contributed by atoms with van der Waals surface area (Å²) in [7, 11) is 1.56. The predicted octanol–water partition coefficient (Wildman–Crippen LogP) is 2.68. The summed E-state index contributed by atoms with van der Waals surface area (Å²) in [5.41, 5.74) is 0.740. The van der Waals surface area contributed by atoms with Crippen molar-refractivity contribution in [2.24, 2.45) is 5.92 Å². The maximum absolute atomic E-state index is 12.3. The lowest BCUT2D eigenvalue weighted by atomic mass is 9.86. The first-order chi connectivity index (χ1) is 11.6. The molecular weight excluding hydrogens is 312 g/mol. The van der Waals surface area contributed by atoms with Crippen LogP contribution >= 0.6 is 0 Å². The van der Waals surface area contributed by atoms with Crippen molar-refractivity contribution in [2.75, 3.05) is 26.9 Å². The number of rotatable bonds is 10. The molecule has 0 N–H and O–H groups in total. The first-order valence-corrected chi connectivity index (χ1v) is 7.78. The van der Waals surface area contributed by atoms with Gasteiger partial charge in [0.2, 0.25) is 0 Å². The van der Waals surface area contributed by atoms with Gasteiger partial charge < -0.3 is 18.9 Å². The first-order valence-electron chi connectivity index (χ1n) is 7.78. The molecule has 1 aromatic rings. The summed E-state index contributed by atoms with van der Waals surface area (Å²) < 4.78 is 20.5. The molecule has 0 spiro atoms. The van der Waals surface area contributed by atoms with Crippen molar-refractivity contribution in [3.05, 3.63) is 42.7 Å². The molecule has 24 heavy (non-hydrogen) atoms. The van der Waals surface area contributed by atoms with Crippen LogP contribution in [0.4, 0.5) is 0 Å². The maximum Gasteiger partial charge on any atom is 0.321 e. The van der Waals surface area contributed by atoms with Gasteiger partial charge in [0, 0.05) is 5.92 Å². The van der Waals surface area contributed by atoms with Crippen molar-refractivity contribution in [2.45, 2.75) is 19.8 Å². The number of carbonyl (C=O) groups is 2. The van der Waals surface area contributed by atoms with Crippen LogP contribution < -0.4 is 4.74 Å². The van der Waals surface area contributed by atoms with E-state index < -0.39 is 23.8 Å². The van der Waals surface area contributed by atoms with Crippen LogP contribution in [-0.4, -0.2) is 38.9 Å². The third-order valence-electron chi connectivity index (χ3n) is 3.42. The number of methoxy groups -OCH3 is 1. The van der Waals surface area contributed by atoms with Crippen LogP contribution in [0.15, 0.2) is 37.1 Å². The summed E-state index contributed by atoms with van der Waals surface area (Å²) in [4.78, 5) is 24.7. The van der Waals surface area contributed by atoms with Gasteiger partial charge in [-0.1, -0.05) is 18.7 Å². The molecule has 1 aromatic carbocycles. The van der Waals surface area contributed by atoms with Crippen LogP contribution in [0.5, 0.6) is 5.75 Å². The van der Waals surface area contributed by atoms with Crippen LogP contribution in [0.25, 0.3) is 0 Å². The predicted molar refractivity (Wildman–Crippen MR) is 88.6 cm³/mol. The molecule has 0 bridgehead atoms. The van der Waals surface area contributed by atoms with Crippen molar-refractivity contribution in [1.29, 1.82) is 0 Å². The summed E-state index contributed by atoms with van der Waals surface area (Å²) in [6.45, 7) is 7.31. The quantitative estimate of drug-likeness (QED) is 0.372. The van der Waals surface area contributed by atoms with E-state index in [4.69, 9.17) is 18.9 Å². The van der Waals surface area contributed by atoms with E-state index in [9.17, 15) is 9.59 Å². The average molecular weight is 336 g/mol. The Labute approximate surface area is 142 Å². The summed E-state index contributed by atoms with van der Waals surface area (Å²) >= 11 is 0. The molecule has 0 aliphatic heterocycles. The average Bonchev–Trinajstić information content (AvgIpc) is 2.59. The molecule has 1 rings (SSSR count). The van der Waals surface area contributed by atoms with E-state index in [1.54, 1.807) is 45.2 Å². The minimum Gasteiger partial charge on any atom is -0.501 e. The van der Waals surface area contributed by atoms with Crippen LogP contribution in [0, 0.1) is 5.92 Å². The number of ether oxygens (including phenoxy) is 4. The standard InChI is InChI=1S/C18H24O6/c1-5-22-12-15(13-8-10-14(21-4)11-9-13)16(17(19)23-6-2)18(20)24-7-3/h5,8-11,15-16H,1,6-7,12H2,2-4H3. The van der Waals surface area contributed by atoms with E-state index in [-0.39, 0.29) is 19.8 Å². The van der Waals surface area contributed by atoms with Gasteiger partial charge in [-0.25, -0.2) is 0 Å². The summed E-state index contributed by atoms with van der Waals surface area (Å²) in [6, 6.07) is 7.07. The van der Waals surface area contributed by atoms with E-state index >= 15 is 0 Å². The minimum absolute atomic E-state index is 0.0954. The normalized spacial score (nSPS) is 11.5. The Balaban J connectivity index is 3.19. The molecule has 6 heteroatoms. The van der Waals surface area contributed by atoms with Gasteiger partial charge in [-0.3, -0.25) is 9.59 Å². The Morgan fingerprint density at radius 1 is 1.08 bits per heavy atom. The second kappa shape index (κ2) is 10.3. The molecule has 0 heterocycles. The Hall–Kier alpha value is -2.50. The van der Waals surface area contributed by atoms with E-state index in [1.807, 2.05) is 0 Å². The Bertz CT molecular complexity index is 519. The Morgan fingerprint density at radius 3 is 2.04 bits per heavy atom. The second-order valence-electron chi connectivity index (χ2n) is 4.86. The molecule has 0 aliphatic carbocycles. The molecule has 0 aromatic heterocycles. The second-order valence-corrected chi connectivity index (χ2v) is 4.86. The summed E-state index contributed by atoms with van der Waals surface area (Å²) in [6.07, 6.45) is 1.27. The van der Waals surface area contributed by atoms with Crippen molar-refractivity contribution >= 4 is 11.9 Å². The molecule has 1 atom stereocenters. The molecule has 0 amide bonds. The number of carbonyl (C=O) groups excluding carboxylic acids is 2. The molecule has 0 fully saturated rings. The zero-order valence-electron chi connectivity index (χ0n) is 14.3.